The van der Waals surface area contributed by atoms with Gasteiger partial charge in [0, 0.05) is 12.1 Å². The van der Waals surface area contributed by atoms with Gasteiger partial charge in [-0.25, -0.2) is 4.79 Å². The van der Waals surface area contributed by atoms with Crippen LogP contribution in [-0.4, -0.2) is 46.7 Å². The van der Waals surface area contributed by atoms with Crippen LogP contribution in [0.15, 0.2) is 28.8 Å². The molecular weight excluding hydrogens is 336 g/mol. The third-order valence-electron chi connectivity index (χ3n) is 4.21. The maximum absolute atomic E-state index is 12.4. The third-order valence-corrected chi connectivity index (χ3v) is 4.21. The summed E-state index contributed by atoms with van der Waals surface area (Å²) in [5, 5.41) is 6.62. The zero-order chi connectivity index (χ0) is 18.5. The summed E-state index contributed by atoms with van der Waals surface area (Å²) in [5.74, 6) is 0.448. The molecule has 2 aromatic rings. The van der Waals surface area contributed by atoms with Gasteiger partial charge in [0.05, 0.1) is 6.61 Å². The van der Waals surface area contributed by atoms with Gasteiger partial charge < -0.3 is 19.5 Å². The van der Waals surface area contributed by atoms with Crippen LogP contribution in [0, 0.1) is 6.92 Å². The highest BCUT2D eigenvalue weighted by Gasteiger charge is 2.34. The predicted molar refractivity (Wildman–Crippen MR) is 93.2 cm³/mol. The lowest BCUT2D eigenvalue weighted by molar-refractivity contribution is -0.141. The number of rotatable bonds is 5. The molecule has 1 aliphatic rings. The van der Waals surface area contributed by atoms with E-state index in [1.807, 2.05) is 31.2 Å². The van der Waals surface area contributed by atoms with Crippen molar-refractivity contribution < 1.29 is 18.8 Å². The molecule has 1 atom stereocenters. The smallest absolute Gasteiger partial charge is 0.325 e. The number of carbonyl (C=O) groups excluding carboxylic acids is 2. The van der Waals surface area contributed by atoms with Gasteiger partial charge in [0.2, 0.25) is 11.7 Å². The van der Waals surface area contributed by atoms with E-state index in [2.05, 4.69) is 15.5 Å². The van der Waals surface area contributed by atoms with Crippen molar-refractivity contribution in [3.63, 3.8) is 0 Å². The van der Waals surface area contributed by atoms with Crippen molar-refractivity contribution in [1.29, 1.82) is 0 Å². The Balaban J connectivity index is 1.68. The zero-order valence-corrected chi connectivity index (χ0v) is 14.9. The Morgan fingerprint density at radius 2 is 2.27 bits per heavy atom. The molecule has 0 bridgehead atoms. The molecule has 138 valence electrons. The lowest BCUT2D eigenvalue weighted by Crippen LogP contribution is -2.42. The van der Waals surface area contributed by atoms with E-state index < -0.39 is 5.97 Å². The van der Waals surface area contributed by atoms with Crippen LogP contribution in [0.1, 0.15) is 37.3 Å². The molecule has 1 N–H and O–H groups in total. The van der Waals surface area contributed by atoms with Crippen LogP contribution in [0.5, 0.6) is 0 Å². The summed E-state index contributed by atoms with van der Waals surface area (Å²) in [6.07, 6.45) is 1.57. The second kappa shape index (κ2) is 7.99. The third kappa shape index (κ3) is 4.01. The van der Waals surface area contributed by atoms with Gasteiger partial charge in [0.1, 0.15) is 12.6 Å². The van der Waals surface area contributed by atoms with Gasteiger partial charge in [-0.1, -0.05) is 28.9 Å². The van der Waals surface area contributed by atoms with Crippen molar-refractivity contribution in [3.05, 3.63) is 35.7 Å². The lowest BCUT2D eigenvalue weighted by Gasteiger charge is -2.21. The summed E-state index contributed by atoms with van der Waals surface area (Å²) in [7, 11) is 0. The summed E-state index contributed by atoms with van der Waals surface area (Å²) in [5.41, 5.74) is 1.98. The van der Waals surface area contributed by atoms with E-state index in [1.54, 1.807) is 11.8 Å². The molecule has 0 spiro atoms. The Hall–Kier alpha value is -2.90. The second-order valence-electron chi connectivity index (χ2n) is 6.14. The van der Waals surface area contributed by atoms with Crippen molar-refractivity contribution >= 4 is 12.0 Å². The SMILES string of the molecule is CCOC(=O)CNC(=O)N1CCCC1c1nc(-c2cccc(C)c2)no1. The highest BCUT2D eigenvalue weighted by atomic mass is 16.5. The summed E-state index contributed by atoms with van der Waals surface area (Å²) < 4.78 is 10.2. The van der Waals surface area contributed by atoms with Crippen LogP contribution < -0.4 is 5.32 Å². The first-order valence-corrected chi connectivity index (χ1v) is 8.69. The number of nitrogens with one attached hydrogen (secondary N) is 1. The molecule has 3 rings (SSSR count). The van der Waals surface area contributed by atoms with Crippen molar-refractivity contribution in [3.8, 4) is 11.4 Å². The molecule has 0 aliphatic carbocycles. The molecule has 1 fully saturated rings. The van der Waals surface area contributed by atoms with Crippen LogP contribution in [0.2, 0.25) is 0 Å². The Bertz CT molecular complexity index is 789. The molecule has 26 heavy (non-hydrogen) atoms. The quantitative estimate of drug-likeness (QED) is 0.825. The molecule has 0 radical (unpaired) electrons. The number of carbonyl (C=O) groups is 2. The van der Waals surface area contributed by atoms with Crippen LogP contribution in [0.4, 0.5) is 4.79 Å². The number of ether oxygens (including phenoxy) is 1. The summed E-state index contributed by atoms with van der Waals surface area (Å²) in [6, 6.07) is 7.20. The van der Waals surface area contributed by atoms with Crippen LogP contribution in [0.25, 0.3) is 11.4 Å². The van der Waals surface area contributed by atoms with Crippen LogP contribution in [-0.2, 0) is 9.53 Å². The molecule has 8 heteroatoms. The summed E-state index contributed by atoms with van der Waals surface area (Å²) in [6.45, 7) is 4.41. The monoisotopic (exact) mass is 358 g/mol. The van der Waals surface area contributed by atoms with E-state index in [0.29, 0.717) is 18.3 Å². The van der Waals surface area contributed by atoms with E-state index in [1.165, 1.54) is 0 Å². The fourth-order valence-corrected chi connectivity index (χ4v) is 3.00. The molecule has 1 unspecified atom stereocenters. The standard InChI is InChI=1S/C18H22N4O4/c1-3-25-15(23)11-19-18(24)22-9-5-8-14(22)17-20-16(21-26-17)13-7-4-6-12(2)10-13/h4,6-7,10,14H,3,5,8-9,11H2,1-2H3,(H,19,24). The van der Waals surface area contributed by atoms with Gasteiger partial charge >= 0.3 is 12.0 Å². The summed E-state index contributed by atoms with van der Waals surface area (Å²) in [4.78, 5) is 29.9. The number of hydrogen-bond donors (Lipinski definition) is 1. The number of urea groups is 1. The van der Waals surface area contributed by atoms with Gasteiger partial charge in [-0.3, -0.25) is 4.79 Å². The number of benzene rings is 1. The van der Waals surface area contributed by atoms with Gasteiger partial charge in [0.25, 0.3) is 0 Å². The van der Waals surface area contributed by atoms with Crippen molar-refractivity contribution in [2.24, 2.45) is 0 Å². The second-order valence-corrected chi connectivity index (χ2v) is 6.14. The maximum Gasteiger partial charge on any atom is 0.325 e. The highest BCUT2D eigenvalue weighted by molar-refractivity contribution is 5.81. The average Bonchev–Trinajstić information content (AvgIpc) is 3.29. The van der Waals surface area contributed by atoms with Gasteiger partial charge in [-0.2, -0.15) is 4.98 Å². The molecule has 1 aromatic heterocycles. The Labute approximate surface area is 151 Å². The molecule has 2 heterocycles. The van der Waals surface area contributed by atoms with Crippen molar-refractivity contribution in [1.82, 2.24) is 20.4 Å². The molecule has 1 saturated heterocycles. The van der Waals surface area contributed by atoms with Gasteiger partial charge in [-0.05, 0) is 32.8 Å². The largest absolute Gasteiger partial charge is 0.465 e. The first-order chi connectivity index (χ1) is 12.6. The summed E-state index contributed by atoms with van der Waals surface area (Å²) >= 11 is 0. The number of amides is 2. The maximum atomic E-state index is 12.4. The van der Waals surface area contributed by atoms with E-state index >= 15 is 0 Å². The van der Waals surface area contributed by atoms with Crippen LogP contribution in [0.3, 0.4) is 0 Å². The van der Waals surface area contributed by atoms with E-state index in [9.17, 15) is 9.59 Å². The minimum Gasteiger partial charge on any atom is -0.465 e. The van der Waals surface area contributed by atoms with Gasteiger partial charge in [-0.15, -0.1) is 0 Å². The molecular formula is C18H22N4O4. The Kier molecular flexibility index (Phi) is 5.50. The fourth-order valence-electron chi connectivity index (χ4n) is 3.00. The van der Waals surface area contributed by atoms with Gasteiger partial charge in [0.15, 0.2) is 0 Å². The Morgan fingerprint density at radius 1 is 1.42 bits per heavy atom. The molecule has 1 aliphatic heterocycles. The zero-order valence-electron chi connectivity index (χ0n) is 14.9. The minimum atomic E-state index is -0.462. The number of aryl methyl sites for hydroxylation is 1. The minimum absolute atomic E-state index is 0.158. The van der Waals surface area contributed by atoms with E-state index in [4.69, 9.17) is 9.26 Å². The number of esters is 1. The number of hydrogen-bond acceptors (Lipinski definition) is 6. The molecule has 1 aromatic carbocycles. The topological polar surface area (TPSA) is 97.6 Å². The van der Waals surface area contributed by atoms with E-state index in [0.717, 1.165) is 24.0 Å². The normalized spacial score (nSPS) is 16.5. The molecule has 0 saturated carbocycles. The molecule has 8 nitrogen and oxygen atoms in total. The predicted octanol–water partition coefficient (Wildman–Crippen LogP) is 2.45. The number of aromatic nitrogens is 2. The lowest BCUT2D eigenvalue weighted by atomic mass is 10.1. The fraction of sp³-hybridized carbons (Fsp3) is 0.444. The van der Waals surface area contributed by atoms with Crippen molar-refractivity contribution in [2.45, 2.75) is 32.7 Å². The number of likely N-dealkylation sites (tertiary alicyclic amines) is 1. The first-order valence-electron chi connectivity index (χ1n) is 8.69. The average molecular weight is 358 g/mol. The first kappa shape index (κ1) is 17.9. The Morgan fingerprint density at radius 3 is 3.04 bits per heavy atom. The van der Waals surface area contributed by atoms with Crippen LogP contribution >= 0.6 is 0 Å². The van der Waals surface area contributed by atoms with Crippen molar-refractivity contribution in [2.75, 3.05) is 19.7 Å². The number of nitrogens with zero attached hydrogens (tertiary/aromatic N) is 3. The highest BCUT2D eigenvalue weighted by Crippen LogP contribution is 2.32. The van der Waals surface area contributed by atoms with E-state index in [-0.39, 0.29) is 25.2 Å². The molecule has 2 amide bonds.